The maximum Gasteiger partial charge on any atom is 0.193 e. The molecule has 0 unspecified atom stereocenters. The summed E-state index contributed by atoms with van der Waals surface area (Å²) in [7, 11) is 0. The second-order valence-corrected chi connectivity index (χ2v) is 7.28. The number of nitrogens with one attached hydrogen (secondary N) is 1. The Bertz CT molecular complexity index is 821. The number of aromatic nitrogens is 1. The summed E-state index contributed by atoms with van der Waals surface area (Å²) in [6.07, 6.45) is 6.99. The summed E-state index contributed by atoms with van der Waals surface area (Å²) in [5.41, 5.74) is 7.88. The number of aliphatic imine (C=N–C) groups is 1. The molecule has 2 aromatic rings. The largest absolute Gasteiger partial charge is 0.494 e. The third-order valence-corrected chi connectivity index (χ3v) is 5.00. The molecule has 1 aromatic carbocycles. The SMILES string of the molecule is CCOc1ccc(OCC)c(NC(N)=NCc2ccc(N3CCCCCC3)nc2)c1.I. The van der Waals surface area contributed by atoms with Gasteiger partial charge in [0.2, 0.25) is 0 Å². The van der Waals surface area contributed by atoms with Crippen molar-refractivity contribution in [2.24, 2.45) is 10.7 Å². The van der Waals surface area contributed by atoms with E-state index in [0.717, 1.165) is 35.9 Å². The lowest BCUT2D eigenvalue weighted by molar-refractivity contribution is 0.332. The Morgan fingerprint density at radius 2 is 1.81 bits per heavy atom. The number of hydrogen-bond donors (Lipinski definition) is 2. The Hall–Kier alpha value is -2.23. The lowest BCUT2D eigenvalue weighted by Crippen LogP contribution is -2.24. The minimum absolute atomic E-state index is 0. The lowest BCUT2D eigenvalue weighted by Gasteiger charge is -2.21. The average molecular weight is 539 g/mol. The molecule has 1 aromatic heterocycles. The van der Waals surface area contributed by atoms with Crippen LogP contribution in [0.25, 0.3) is 0 Å². The minimum Gasteiger partial charge on any atom is -0.494 e. The van der Waals surface area contributed by atoms with Gasteiger partial charge in [-0.1, -0.05) is 18.9 Å². The molecule has 31 heavy (non-hydrogen) atoms. The van der Waals surface area contributed by atoms with Crippen molar-refractivity contribution < 1.29 is 9.47 Å². The van der Waals surface area contributed by atoms with E-state index in [-0.39, 0.29) is 24.0 Å². The van der Waals surface area contributed by atoms with Gasteiger partial charge in [0.25, 0.3) is 0 Å². The van der Waals surface area contributed by atoms with Crippen LogP contribution in [0.2, 0.25) is 0 Å². The molecule has 3 N–H and O–H groups in total. The van der Waals surface area contributed by atoms with Gasteiger partial charge in [-0.2, -0.15) is 0 Å². The van der Waals surface area contributed by atoms with Gasteiger partial charge in [0, 0.05) is 25.4 Å². The van der Waals surface area contributed by atoms with E-state index in [2.05, 4.69) is 32.3 Å². The molecule has 1 aliphatic rings. The average Bonchev–Trinajstić information content (AvgIpc) is 3.04. The molecule has 8 heteroatoms. The number of anilines is 2. The number of benzene rings is 1. The predicted molar refractivity (Wildman–Crippen MR) is 138 cm³/mol. The van der Waals surface area contributed by atoms with E-state index in [0.29, 0.717) is 31.5 Å². The fraction of sp³-hybridized carbons (Fsp3) is 0.478. The van der Waals surface area contributed by atoms with Gasteiger partial charge in [-0.25, -0.2) is 9.98 Å². The van der Waals surface area contributed by atoms with Gasteiger partial charge in [0.05, 0.1) is 25.4 Å². The van der Waals surface area contributed by atoms with Crippen LogP contribution < -0.4 is 25.4 Å². The van der Waals surface area contributed by atoms with Crippen molar-refractivity contribution in [2.45, 2.75) is 46.1 Å². The first-order valence-electron chi connectivity index (χ1n) is 10.9. The molecule has 3 rings (SSSR count). The quantitative estimate of drug-likeness (QED) is 0.285. The molecule has 170 valence electrons. The fourth-order valence-corrected chi connectivity index (χ4v) is 3.50. The van der Waals surface area contributed by atoms with Gasteiger partial charge in [0.1, 0.15) is 17.3 Å². The van der Waals surface area contributed by atoms with E-state index in [1.165, 1.54) is 25.7 Å². The van der Waals surface area contributed by atoms with Gasteiger partial charge in [-0.05, 0) is 50.5 Å². The molecule has 0 atom stereocenters. The summed E-state index contributed by atoms with van der Waals surface area (Å²) in [6.45, 7) is 7.69. The van der Waals surface area contributed by atoms with Crippen LogP contribution in [0.4, 0.5) is 11.5 Å². The van der Waals surface area contributed by atoms with Crippen LogP contribution in [0, 0.1) is 0 Å². The Balaban J connectivity index is 0.00000341. The fourth-order valence-electron chi connectivity index (χ4n) is 3.50. The summed E-state index contributed by atoms with van der Waals surface area (Å²) in [4.78, 5) is 11.5. The van der Waals surface area contributed by atoms with Crippen LogP contribution >= 0.6 is 24.0 Å². The number of guanidine groups is 1. The van der Waals surface area contributed by atoms with E-state index in [1.54, 1.807) is 0 Å². The Kier molecular flexibility index (Phi) is 10.7. The standard InChI is InChI=1S/C23H33N5O2.HI/c1-3-29-19-10-11-21(30-4-2)20(15-19)27-23(24)26-17-18-9-12-22(25-16-18)28-13-7-5-6-8-14-28;/h9-12,15-16H,3-8,13-14,17H2,1-2H3,(H3,24,26,27);1H. The Labute approximate surface area is 202 Å². The second kappa shape index (κ2) is 13.2. The number of pyridine rings is 1. The van der Waals surface area contributed by atoms with Crippen LogP contribution in [-0.4, -0.2) is 37.2 Å². The first kappa shape index (κ1) is 25.0. The van der Waals surface area contributed by atoms with Crippen LogP contribution in [-0.2, 0) is 6.54 Å². The lowest BCUT2D eigenvalue weighted by atomic mass is 10.2. The zero-order chi connectivity index (χ0) is 21.2. The highest BCUT2D eigenvalue weighted by Gasteiger charge is 2.11. The molecule has 0 amide bonds. The molecular formula is C23H34IN5O2. The van der Waals surface area contributed by atoms with Crippen molar-refractivity contribution in [3.63, 3.8) is 0 Å². The van der Waals surface area contributed by atoms with Crippen LogP contribution in [0.1, 0.15) is 45.1 Å². The zero-order valence-electron chi connectivity index (χ0n) is 18.5. The summed E-state index contributed by atoms with van der Waals surface area (Å²) in [5.74, 6) is 2.83. The van der Waals surface area contributed by atoms with Gasteiger partial charge < -0.3 is 25.4 Å². The van der Waals surface area contributed by atoms with Crippen molar-refractivity contribution in [3.05, 3.63) is 42.1 Å². The van der Waals surface area contributed by atoms with E-state index >= 15 is 0 Å². The number of nitrogens with two attached hydrogens (primary N) is 1. The minimum atomic E-state index is 0. The maximum absolute atomic E-state index is 6.12. The molecule has 0 radical (unpaired) electrons. The monoisotopic (exact) mass is 539 g/mol. The molecule has 1 saturated heterocycles. The molecule has 0 spiro atoms. The van der Waals surface area contributed by atoms with Crippen molar-refractivity contribution in [1.82, 2.24) is 4.98 Å². The number of rotatable bonds is 8. The molecule has 0 aliphatic carbocycles. The molecule has 1 fully saturated rings. The van der Waals surface area contributed by atoms with Crippen molar-refractivity contribution >= 4 is 41.4 Å². The number of hydrogen-bond acceptors (Lipinski definition) is 5. The molecule has 1 aliphatic heterocycles. The summed E-state index contributed by atoms with van der Waals surface area (Å²) in [5, 5.41) is 3.13. The first-order chi connectivity index (χ1) is 14.7. The Morgan fingerprint density at radius 3 is 2.45 bits per heavy atom. The third kappa shape index (κ3) is 7.75. The normalized spacial score (nSPS) is 14.4. The molecule has 2 heterocycles. The van der Waals surface area contributed by atoms with Crippen molar-refractivity contribution in [2.75, 3.05) is 36.5 Å². The van der Waals surface area contributed by atoms with E-state index in [1.807, 2.05) is 38.2 Å². The topological polar surface area (TPSA) is 85.0 Å². The van der Waals surface area contributed by atoms with Gasteiger partial charge >= 0.3 is 0 Å². The van der Waals surface area contributed by atoms with E-state index in [4.69, 9.17) is 15.2 Å². The smallest absolute Gasteiger partial charge is 0.193 e. The van der Waals surface area contributed by atoms with Gasteiger partial charge in [0.15, 0.2) is 5.96 Å². The first-order valence-corrected chi connectivity index (χ1v) is 10.9. The Morgan fingerprint density at radius 1 is 1.06 bits per heavy atom. The van der Waals surface area contributed by atoms with E-state index < -0.39 is 0 Å². The number of halogens is 1. The highest BCUT2D eigenvalue weighted by Crippen LogP contribution is 2.29. The third-order valence-electron chi connectivity index (χ3n) is 5.00. The molecular weight excluding hydrogens is 505 g/mol. The number of ether oxygens (including phenoxy) is 2. The number of nitrogens with zero attached hydrogens (tertiary/aromatic N) is 3. The van der Waals surface area contributed by atoms with Crippen LogP contribution in [0.3, 0.4) is 0 Å². The van der Waals surface area contributed by atoms with Crippen molar-refractivity contribution in [3.8, 4) is 11.5 Å². The highest BCUT2D eigenvalue weighted by atomic mass is 127. The summed E-state index contributed by atoms with van der Waals surface area (Å²) < 4.78 is 11.2. The molecule has 0 bridgehead atoms. The van der Waals surface area contributed by atoms with Gasteiger partial charge in [-0.15, -0.1) is 24.0 Å². The molecule has 0 saturated carbocycles. The maximum atomic E-state index is 6.12. The van der Waals surface area contributed by atoms with Crippen molar-refractivity contribution in [1.29, 1.82) is 0 Å². The van der Waals surface area contributed by atoms with Crippen LogP contribution in [0.15, 0.2) is 41.5 Å². The molecule has 7 nitrogen and oxygen atoms in total. The van der Waals surface area contributed by atoms with Gasteiger partial charge in [-0.3, -0.25) is 0 Å². The van der Waals surface area contributed by atoms with Crippen LogP contribution in [0.5, 0.6) is 11.5 Å². The highest BCUT2D eigenvalue weighted by molar-refractivity contribution is 14.0. The summed E-state index contributed by atoms with van der Waals surface area (Å²) >= 11 is 0. The second-order valence-electron chi connectivity index (χ2n) is 7.28. The zero-order valence-corrected chi connectivity index (χ0v) is 20.8. The van der Waals surface area contributed by atoms with E-state index in [9.17, 15) is 0 Å². The predicted octanol–water partition coefficient (Wildman–Crippen LogP) is 4.80. The summed E-state index contributed by atoms with van der Waals surface area (Å²) in [6, 6.07) is 9.78.